The van der Waals surface area contributed by atoms with Gasteiger partial charge in [-0.2, -0.15) is 0 Å². The molecule has 4 N–H and O–H groups in total. The van der Waals surface area contributed by atoms with Crippen LogP contribution in [0.2, 0.25) is 0 Å². The number of carbonyl (C=O) groups is 1. The molecular weight excluding hydrogens is 350 g/mol. The number of nitrogens with one attached hydrogen (secondary N) is 1. The zero-order chi connectivity index (χ0) is 19.2. The third-order valence-electron chi connectivity index (χ3n) is 7.43. The minimum atomic E-state index is -1.17. The minimum Gasteiger partial charge on any atom is -0.394 e. The maximum atomic E-state index is 12.9. The molecular formula is C20H33NO6. The Morgan fingerprint density at radius 1 is 1.11 bits per heavy atom. The number of rotatable bonds is 6. The van der Waals surface area contributed by atoms with Crippen LogP contribution in [0.4, 0.5) is 0 Å². The molecule has 27 heavy (non-hydrogen) atoms. The van der Waals surface area contributed by atoms with Crippen molar-refractivity contribution < 1.29 is 29.6 Å². The summed E-state index contributed by atoms with van der Waals surface area (Å²) in [4.78, 5) is 12.9. The van der Waals surface area contributed by atoms with Crippen LogP contribution in [0, 0.1) is 29.1 Å². The second kappa shape index (κ2) is 7.59. The van der Waals surface area contributed by atoms with Gasteiger partial charge in [0.15, 0.2) is 6.29 Å². The molecule has 5 aliphatic rings. The molecule has 5 fully saturated rings. The lowest BCUT2D eigenvalue weighted by atomic mass is 9.49. The molecule has 1 heterocycles. The number of amides is 1. The van der Waals surface area contributed by atoms with E-state index in [0.29, 0.717) is 6.54 Å². The van der Waals surface area contributed by atoms with Gasteiger partial charge >= 0.3 is 0 Å². The average molecular weight is 383 g/mol. The van der Waals surface area contributed by atoms with Crippen molar-refractivity contribution in [3.05, 3.63) is 0 Å². The summed E-state index contributed by atoms with van der Waals surface area (Å²) in [5.74, 6) is 1.95. The number of carbonyl (C=O) groups excluding carboxylic acids is 1. The maximum absolute atomic E-state index is 12.9. The predicted octanol–water partition coefficient (Wildman–Crippen LogP) is 0.411. The van der Waals surface area contributed by atoms with Crippen LogP contribution in [-0.4, -0.2) is 65.6 Å². The smallest absolute Gasteiger partial charge is 0.226 e. The average Bonchev–Trinajstić information content (AvgIpc) is 2.63. The molecule has 4 saturated carbocycles. The van der Waals surface area contributed by atoms with Crippen LogP contribution in [-0.2, 0) is 14.3 Å². The van der Waals surface area contributed by atoms with Gasteiger partial charge in [0, 0.05) is 17.9 Å². The monoisotopic (exact) mass is 383 g/mol. The Hall–Kier alpha value is -0.730. The van der Waals surface area contributed by atoms with Crippen molar-refractivity contribution in [2.45, 2.75) is 70.1 Å². The van der Waals surface area contributed by atoms with Crippen molar-refractivity contribution in [1.29, 1.82) is 0 Å². The van der Waals surface area contributed by atoms with Crippen molar-refractivity contribution in [2.75, 3.05) is 19.8 Å². The lowest BCUT2D eigenvalue weighted by Crippen LogP contribution is -2.56. The fourth-order valence-electron chi connectivity index (χ4n) is 6.33. The largest absolute Gasteiger partial charge is 0.394 e. The van der Waals surface area contributed by atoms with Crippen LogP contribution in [0.15, 0.2) is 0 Å². The van der Waals surface area contributed by atoms with E-state index in [1.54, 1.807) is 6.92 Å². The van der Waals surface area contributed by atoms with Crippen LogP contribution in [0.25, 0.3) is 0 Å². The Labute approximate surface area is 160 Å². The number of hydrogen-bond acceptors (Lipinski definition) is 6. The van der Waals surface area contributed by atoms with Crippen LogP contribution >= 0.6 is 0 Å². The standard InChI is InChI=1S/C20H33NO6/c1-11-15(10-22)27-18(17(24)16(11)23)26-3-2-21-19(25)20-7-12-4-13(8-20)6-14(5-12)9-20/h11-18,22-24H,2-10H2,1H3,(H,21,25)/t11-,12?,13?,14?,15?,16?,17+,18-,20?/m0/s1. The molecule has 5 rings (SSSR count). The minimum absolute atomic E-state index is 0.150. The summed E-state index contributed by atoms with van der Waals surface area (Å²) in [6.45, 7) is 2.02. The van der Waals surface area contributed by atoms with E-state index in [9.17, 15) is 20.1 Å². The van der Waals surface area contributed by atoms with Gasteiger partial charge in [0.2, 0.25) is 5.91 Å². The second-order valence-electron chi connectivity index (χ2n) is 9.39. The molecule has 0 aromatic carbocycles. The van der Waals surface area contributed by atoms with Crippen molar-refractivity contribution in [3.63, 3.8) is 0 Å². The normalized spacial score (nSPS) is 48.6. The molecule has 0 spiro atoms. The number of aliphatic hydroxyl groups excluding tert-OH is 3. The molecule has 0 radical (unpaired) electrons. The molecule has 2 unspecified atom stereocenters. The molecule has 0 aromatic heterocycles. The summed E-state index contributed by atoms with van der Waals surface area (Å²) in [7, 11) is 0. The van der Waals surface area contributed by atoms with Gasteiger partial charge in [-0.25, -0.2) is 0 Å². The Morgan fingerprint density at radius 2 is 1.70 bits per heavy atom. The van der Waals surface area contributed by atoms with Gasteiger partial charge in [-0.15, -0.1) is 0 Å². The first-order valence-electron chi connectivity index (χ1n) is 10.4. The Bertz CT molecular complexity index is 517. The number of aliphatic hydroxyl groups is 3. The zero-order valence-electron chi connectivity index (χ0n) is 16.0. The molecule has 7 heteroatoms. The highest BCUT2D eigenvalue weighted by Gasteiger charge is 2.54. The Morgan fingerprint density at radius 3 is 2.26 bits per heavy atom. The summed E-state index contributed by atoms with van der Waals surface area (Å²) in [6, 6.07) is 0. The summed E-state index contributed by atoms with van der Waals surface area (Å²) in [5, 5.41) is 32.6. The van der Waals surface area contributed by atoms with Gasteiger partial charge in [0.1, 0.15) is 6.10 Å². The van der Waals surface area contributed by atoms with Crippen molar-refractivity contribution in [2.24, 2.45) is 29.1 Å². The molecule has 0 aromatic rings. The molecule has 1 saturated heterocycles. The highest BCUT2D eigenvalue weighted by atomic mass is 16.7. The lowest BCUT2D eigenvalue weighted by Gasteiger charge is -2.55. The molecule has 7 nitrogen and oxygen atoms in total. The second-order valence-corrected chi connectivity index (χ2v) is 9.39. The van der Waals surface area contributed by atoms with E-state index in [1.807, 2.05) is 0 Å². The van der Waals surface area contributed by atoms with Crippen LogP contribution in [0.5, 0.6) is 0 Å². The maximum Gasteiger partial charge on any atom is 0.226 e. The third kappa shape index (κ3) is 3.65. The van der Waals surface area contributed by atoms with E-state index in [0.717, 1.165) is 37.0 Å². The summed E-state index contributed by atoms with van der Waals surface area (Å²) >= 11 is 0. The Kier molecular flexibility index (Phi) is 5.51. The van der Waals surface area contributed by atoms with E-state index in [4.69, 9.17) is 9.47 Å². The Balaban J connectivity index is 1.25. The van der Waals surface area contributed by atoms with Gasteiger partial charge in [-0.05, 0) is 56.3 Å². The topological polar surface area (TPSA) is 108 Å². The quantitative estimate of drug-likeness (QED) is 0.495. The van der Waals surface area contributed by atoms with E-state index < -0.39 is 24.6 Å². The van der Waals surface area contributed by atoms with E-state index in [1.165, 1.54) is 19.3 Å². The molecule has 1 amide bonds. The van der Waals surface area contributed by atoms with Crippen LogP contribution < -0.4 is 5.32 Å². The van der Waals surface area contributed by atoms with Gasteiger partial charge in [0.25, 0.3) is 0 Å². The van der Waals surface area contributed by atoms with Crippen LogP contribution in [0.3, 0.4) is 0 Å². The zero-order valence-corrected chi connectivity index (χ0v) is 16.0. The number of hydrogen-bond donors (Lipinski definition) is 4. The van der Waals surface area contributed by atoms with Gasteiger partial charge < -0.3 is 30.1 Å². The highest BCUT2D eigenvalue weighted by molar-refractivity contribution is 5.83. The molecule has 154 valence electrons. The molecule has 5 atom stereocenters. The first kappa shape index (κ1) is 19.6. The van der Waals surface area contributed by atoms with Crippen molar-refractivity contribution in [3.8, 4) is 0 Å². The molecule has 4 bridgehead atoms. The van der Waals surface area contributed by atoms with E-state index >= 15 is 0 Å². The van der Waals surface area contributed by atoms with E-state index in [2.05, 4.69) is 5.32 Å². The molecule has 1 aliphatic heterocycles. The van der Waals surface area contributed by atoms with Gasteiger partial charge in [-0.3, -0.25) is 4.79 Å². The van der Waals surface area contributed by atoms with Gasteiger partial charge in [-0.1, -0.05) is 6.92 Å². The number of ether oxygens (including phenoxy) is 2. The fourth-order valence-corrected chi connectivity index (χ4v) is 6.33. The summed E-state index contributed by atoms with van der Waals surface area (Å²) in [5.41, 5.74) is -0.177. The van der Waals surface area contributed by atoms with Gasteiger partial charge in [0.05, 0.1) is 25.4 Å². The summed E-state index contributed by atoms with van der Waals surface area (Å²) < 4.78 is 11.1. The lowest BCUT2D eigenvalue weighted by molar-refractivity contribution is -0.287. The third-order valence-corrected chi connectivity index (χ3v) is 7.43. The summed E-state index contributed by atoms with van der Waals surface area (Å²) in [6.07, 6.45) is 3.25. The highest BCUT2D eigenvalue weighted by Crippen LogP contribution is 2.60. The fraction of sp³-hybridized carbons (Fsp3) is 0.950. The first-order valence-corrected chi connectivity index (χ1v) is 10.4. The first-order chi connectivity index (χ1) is 12.9. The van der Waals surface area contributed by atoms with Crippen molar-refractivity contribution in [1.82, 2.24) is 5.32 Å². The van der Waals surface area contributed by atoms with E-state index in [-0.39, 0.29) is 30.5 Å². The predicted molar refractivity (Wildman–Crippen MR) is 96.5 cm³/mol. The van der Waals surface area contributed by atoms with Crippen LogP contribution in [0.1, 0.15) is 45.4 Å². The SMILES string of the molecule is C[C@H]1C(CO)O[C@H](OCCNC(=O)C23CC4CC(CC(C4)C2)C3)[C@H](O)C1O. The van der Waals surface area contributed by atoms with Crippen molar-refractivity contribution >= 4 is 5.91 Å². The molecule has 4 aliphatic carbocycles.